The first-order valence-electron chi connectivity index (χ1n) is 12.0. The first-order chi connectivity index (χ1) is 17.6. The number of carbonyl (C=O) groups excluding carboxylic acids is 1. The minimum absolute atomic E-state index is 0.147. The van der Waals surface area contributed by atoms with Crippen LogP contribution in [0.1, 0.15) is 41.5 Å². The Balaban J connectivity index is 1.42. The second-order valence-corrected chi connectivity index (χ2v) is 8.54. The Morgan fingerprint density at radius 3 is 2.69 bits per heavy atom. The van der Waals surface area contributed by atoms with E-state index in [1.165, 1.54) is 0 Å². The predicted molar refractivity (Wildman–Crippen MR) is 138 cm³/mol. The van der Waals surface area contributed by atoms with Crippen molar-refractivity contribution in [3.05, 3.63) is 77.6 Å². The molecule has 182 valence electrons. The molecule has 2 aromatic heterocycles. The molecule has 5 aromatic rings. The van der Waals surface area contributed by atoms with Crippen molar-refractivity contribution in [2.45, 2.75) is 33.3 Å². The maximum Gasteiger partial charge on any atom is 0.340 e. The van der Waals surface area contributed by atoms with E-state index in [4.69, 9.17) is 4.74 Å². The van der Waals surface area contributed by atoms with Gasteiger partial charge in [0.25, 0.3) is 0 Å². The van der Waals surface area contributed by atoms with Gasteiger partial charge in [-0.25, -0.2) is 9.78 Å². The summed E-state index contributed by atoms with van der Waals surface area (Å²) in [5.41, 5.74) is 6.60. The van der Waals surface area contributed by atoms with E-state index in [1.54, 1.807) is 6.07 Å². The van der Waals surface area contributed by atoms with Gasteiger partial charge in [-0.05, 0) is 47.9 Å². The third-order valence-corrected chi connectivity index (χ3v) is 5.95. The lowest BCUT2D eigenvalue weighted by atomic mass is 9.96. The Morgan fingerprint density at radius 1 is 1.03 bits per heavy atom. The number of anilines is 1. The zero-order valence-corrected chi connectivity index (χ0v) is 20.2. The topological polar surface area (TPSA) is 121 Å². The number of hydrogen-bond donors (Lipinski definition) is 3. The smallest absolute Gasteiger partial charge is 0.340 e. The van der Waals surface area contributed by atoms with Crippen LogP contribution in [0.25, 0.3) is 33.5 Å². The molecule has 3 aromatic carbocycles. The highest BCUT2D eigenvalue weighted by atomic mass is 16.5. The number of fused-ring (bicyclic) bond motifs is 1. The van der Waals surface area contributed by atoms with Crippen molar-refractivity contribution in [1.82, 2.24) is 30.6 Å². The molecule has 0 saturated heterocycles. The lowest BCUT2D eigenvalue weighted by Crippen LogP contribution is -2.07. The highest BCUT2D eigenvalue weighted by Gasteiger charge is 2.17. The van der Waals surface area contributed by atoms with Crippen molar-refractivity contribution in [2.75, 3.05) is 11.9 Å². The largest absolute Gasteiger partial charge is 0.457 e. The molecule has 0 aliphatic carbocycles. The summed E-state index contributed by atoms with van der Waals surface area (Å²) in [4.78, 5) is 20.5. The van der Waals surface area contributed by atoms with Gasteiger partial charge in [0.1, 0.15) is 17.9 Å². The molecule has 0 spiro atoms. The SMILES string of the molecule is CCCCNc1cc(COC(=O)c2cccc3[nH]c(C)nc23)ccc1-c1ccccc1-c1nn[nH]n1. The summed E-state index contributed by atoms with van der Waals surface area (Å²) in [6.07, 6.45) is 2.12. The van der Waals surface area contributed by atoms with Gasteiger partial charge < -0.3 is 15.0 Å². The van der Waals surface area contributed by atoms with Crippen LogP contribution in [-0.4, -0.2) is 43.1 Å². The van der Waals surface area contributed by atoms with Crippen LogP contribution in [0.3, 0.4) is 0 Å². The number of benzene rings is 3. The summed E-state index contributed by atoms with van der Waals surface area (Å²) in [7, 11) is 0. The number of aromatic nitrogens is 6. The average molecular weight is 482 g/mol. The van der Waals surface area contributed by atoms with Crippen molar-refractivity contribution in [3.63, 3.8) is 0 Å². The van der Waals surface area contributed by atoms with Crippen LogP contribution in [0.15, 0.2) is 60.7 Å². The number of tetrazole rings is 1. The van der Waals surface area contributed by atoms with Gasteiger partial charge in [-0.3, -0.25) is 0 Å². The number of rotatable bonds is 9. The number of aromatic amines is 2. The van der Waals surface area contributed by atoms with Crippen molar-refractivity contribution >= 4 is 22.7 Å². The standard InChI is InChI=1S/C27H27N7O2/c1-3-4-14-28-24-15-18(16-36-27(35)22-10-7-11-23-25(22)30-17(2)29-23)12-13-20(24)19-8-5-6-9-21(19)26-31-33-34-32-26/h5-13,15,28H,3-4,14,16H2,1-2H3,(H,29,30)(H,31,32,33,34). The molecule has 3 N–H and O–H groups in total. The summed E-state index contributed by atoms with van der Waals surface area (Å²) in [5, 5.41) is 18.1. The lowest BCUT2D eigenvalue weighted by molar-refractivity contribution is 0.0475. The second kappa shape index (κ2) is 10.4. The molecule has 0 radical (unpaired) electrons. The number of ether oxygens (including phenoxy) is 1. The van der Waals surface area contributed by atoms with E-state index in [2.05, 4.69) is 42.8 Å². The molecular weight excluding hydrogens is 454 g/mol. The Labute approximate surface area is 208 Å². The van der Waals surface area contributed by atoms with E-state index in [-0.39, 0.29) is 6.61 Å². The van der Waals surface area contributed by atoms with Gasteiger partial charge in [-0.15, -0.1) is 10.2 Å². The van der Waals surface area contributed by atoms with Gasteiger partial charge in [0.2, 0.25) is 5.82 Å². The maximum absolute atomic E-state index is 12.9. The van der Waals surface area contributed by atoms with Crippen molar-refractivity contribution in [1.29, 1.82) is 0 Å². The minimum Gasteiger partial charge on any atom is -0.457 e. The second-order valence-electron chi connectivity index (χ2n) is 8.54. The van der Waals surface area contributed by atoms with E-state index in [0.29, 0.717) is 16.9 Å². The van der Waals surface area contributed by atoms with Gasteiger partial charge in [-0.1, -0.05) is 55.8 Å². The molecular formula is C27H27N7O2. The van der Waals surface area contributed by atoms with Crippen LogP contribution in [0.2, 0.25) is 0 Å². The Morgan fingerprint density at radius 2 is 1.89 bits per heavy atom. The number of para-hydroxylation sites is 1. The van der Waals surface area contributed by atoms with Gasteiger partial charge >= 0.3 is 5.97 Å². The molecule has 0 aliphatic rings. The summed E-state index contributed by atoms with van der Waals surface area (Å²) < 4.78 is 5.69. The summed E-state index contributed by atoms with van der Waals surface area (Å²) >= 11 is 0. The third-order valence-electron chi connectivity index (χ3n) is 5.95. The van der Waals surface area contributed by atoms with Gasteiger partial charge in [0, 0.05) is 23.4 Å². The van der Waals surface area contributed by atoms with Crippen LogP contribution in [-0.2, 0) is 11.3 Å². The minimum atomic E-state index is -0.404. The predicted octanol–water partition coefficient (Wildman–Crippen LogP) is 5.29. The molecule has 0 saturated carbocycles. The first-order valence-corrected chi connectivity index (χ1v) is 12.0. The molecule has 0 bridgehead atoms. The zero-order valence-electron chi connectivity index (χ0n) is 20.2. The van der Waals surface area contributed by atoms with Crippen LogP contribution >= 0.6 is 0 Å². The highest BCUT2D eigenvalue weighted by Crippen LogP contribution is 2.35. The summed E-state index contributed by atoms with van der Waals surface area (Å²) in [5.74, 6) is 0.884. The monoisotopic (exact) mass is 481 g/mol. The number of imidazole rings is 1. The molecule has 0 fully saturated rings. The van der Waals surface area contributed by atoms with E-state index < -0.39 is 5.97 Å². The fourth-order valence-electron chi connectivity index (χ4n) is 4.20. The molecule has 36 heavy (non-hydrogen) atoms. The van der Waals surface area contributed by atoms with E-state index in [1.807, 2.05) is 61.5 Å². The number of aryl methyl sites for hydroxylation is 1. The lowest BCUT2D eigenvalue weighted by Gasteiger charge is -2.16. The molecule has 9 heteroatoms. The van der Waals surface area contributed by atoms with Crippen molar-refractivity contribution < 1.29 is 9.53 Å². The quantitative estimate of drug-likeness (QED) is 0.193. The summed E-state index contributed by atoms with van der Waals surface area (Å²) in [6.45, 7) is 5.00. The van der Waals surface area contributed by atoms with E-state index in [9.17, 15) is 4.79 Å². The fourth-order valence-corrected chi connectivity index (χ4v) is 4.20. The number of carbonyl (C=O) groups is 1. The maximum atomic E-state index is 12.9. The molecule has 5 rings (SSSR count). The van der Waals surface area contributed by atoms with Crippen molar-refractivity contribution in [3.8, 4) is 22.5 Å². The first kappa shape index (κ1) is 23.2. The Bertz CT molecular complexity index is 1490. The van der Waals surface area contributed by atoms with Crippen LogP contribution in [0, 0.1) is 6.92 Å². The molecule has 2 heterocycles. The highest BCUT2D eigenvalue weighted by molar-refractivity contribution is 6.02. The number of nitrogens with one attached hydrogen (secondary N) is 3. The Hall–Kier alpha value is -4.53. The molecule has 0 aliphatic heterocycles. The van der Waals surface area contributed by atoms with Crippen LogP contribution in [0.5, 0.6) is 0 Å². The molecule has 0 amide bonds. The van der Waals surface area contributed by atoms with Crippen molar-refractivity contribution in [2.24, 2.45) is 0 Å². The number of esters is 1. The number of H-pyrrole nitrogens is 2. The van der Waals surface area contributed by atoms with Gasteiger partial charge in [0.15, 0.2) is 0 Å². The summed E-state index contributed by atoms with van der Waals surface area (Å²) in [6, 6.07) is 19.4. The molecule has 0 unspecified atom stereocenters. The van der Waals surface area contributed by atoms with Crippen LogP contribution in [0.4, 0.5) is 5.69 Å². The third kappa shape index (κ3) is 4.81. The molecule has 0 atom stereocenters. The number of hydrogen-bond acceptors (Lipinski definition) is 7. The van der Waals surface area contributed by atoms with Gasteiger partial charge in [0.05, 0.1) is 11.1 Å². The van der Waals surface area contributed by atoms with Crippen LogP contribution < -0.4 is 5.32 Å². The average Bonchev–Trinajstić information content (AvgIpc) is 3.57. The fraction of sp³-hybridized carbons (Fsp3) is 0.222. The number of nitrogens with zero attached hydrogens (tertiary/aromatic N) is 4. The van der Waals surface area contributed by atoms with Gasteiger partial charge in [-0.2, -0.15) is 5.21 Å². The normalized spacial score (nSPS) is 11.1. The van der Waals surface area contributed by atoms with E-state index in [0.717, 1.165) is 58.7 Å². The Kier molecular flexibility index (Phi) is 6.70. The number of unbranched alkanes of at least 4 members (excludes halogenated alkanes) is 1. The molecule has 9 nitrogen and oxygen atoms in total. The van der Waals surface area contributed by atoms with E-state index >= 15 is 0 Å². The zero-order chi connectivity index (χ0) is 24.9.